The van der Waals surface area contributed by atoms with Gasteiger partial charge in [-0.2, -0.15) is 0 Å². The van der Waals surface area contributed by atoms with Gasteiger partial charge >= 0.3 is 0 Å². The summed E-state index contributed by atoms with van der Waals surface area (Å²) in [6, 6.07) is 9.53. The Hall–Kier alpha value is -2.67. The Morgan fingerprint density at radius 2 is 2.09 bits per heavy atom. The quantitative estimate of drug-likeness (QED) is 0.669. The zero-order valence-electron chi connectivity index (χ0n) is 12.1. The number of likely N-dealkylation sites (N-methyl/N-ethyl adjacent to an activating group) is 1. The zero-order valence-corrected chi connectivity index (χ0v) is 12.9. The molecular weight excluding hydrogens is 325 g/mol. The van der Waals surface area contributed by atoms with E-state index in [0.717, 1.165) is 0 Å². The van der Waals surface area contributed by atoms with E-state index >= 15 is 0 Å². The first kappa shape index (κ1) is 16.7. The van der Waals surface area contributed by atoms with Gasteiger partial charge in [-0.3, -0.25) is 14.9 Å². The summed E-state index contributed by atoms with van der Waals surface area (Å²) in [7, 11) is 1.62. The van der Waals surface area contributed by atoms with Crippen molar-refractivity contribution in [2.24, 2.45) is 0 Å². The standard InChI is InChI=1S/C15H13ClFN3O3/c1-19(14-6-5-12(20(22)23)8-13(14)16)9-15(21)18-11-4-2-3-10(17)7-11/h2-8H,9H2,1H3,(H,18,21). The molecule has 0 aliphatic heterocycles. The molecule has 120 valence electrons. The zero-order chi connectivity index (χ0) is 17.0. The molecule has 0 spiro atoms. The van der Waals surface area contributed by atoms with Gasteiger partial charge in [-0.25, -0.2) is 4.39 Å². The van der Waals surface area contributed by atoms with E-state index in [1.807, 2.05) is 0 Å². The lowest BCUT2D eigenvalue weighted by Gasteiger charge is -2.19. The van der Waals surface area contributed by atoms with Crippen LogP contribution in [0.15, 0.2) is 42.5 Å². The normalized spacial score (nSPS) is 10.2. The number of hydrogen-bond acceptors (Lipinski definition) is 4. The summed E-state index contributed by atoms with van der Waals surface area (Å²) in [6.45, 7) is -0.0476. The number of nitrogens with one attached hydrogen (secondary N) is 1. The lowest BCUT2D eigenvalue weighted by Crippen LogP contribution is -2.30. The second-order valence-electron chi connectivity index (χ2n) is 4.81. The van der Waals surface area contributed by atoms with Crippen molar-refractivity contribution in [1.82, 2.24) is 0 Å². The van der Waals surface area contributed by atoms with Gasteiger partial charge in [-0.1, -0.05) is 17.7 Å². The number of carbonyl (C=O) groups is 1. The summed E-state index contributed by atoms with van der Waals surface area (Å²) in [4.78, 5) is 23.6. The first-order valence-corrected chi connectivity index (χ1v) is 6.95. The fraction of sp³-hybridized carbons (Fsp3) is 0.133. The molecule has 0 saturated carbocycles. The Morgan fingerprint density at radius 3 is 2.70 bits per heavy atom. The minimum absolute atomic E-state index is 0.0476. The van der Waals surface area contributed by atoms with Gasteiger partial charge in [-0.05, 0) is 24.3 Å². The molecule has 0 bridgehead atoms. The predicted molar refractivity (Wildman–Crippen MR) is 86.4 cm³/mol. The topological polar surface area (TPSA) is 75.5 Å². The highest BCUT2D eigenvalue weighted by atomic mass is 35.5. The minimum atomic E-state index is -0.549. The van der Waals surface area contributed by atoms with Gasteiger partial charge in [0.2, 0.25) is 5.91 Å². The molecule has 0 fully saturated rings. The molecule has 0 atom stereocenters. The molecule has 2 rings (SSSR count). The number of anilines is 2. The van der Waals surface area contributed by atoms with Crippen LogP contribution in [-0.2, 0) is 4.79 Å². The Labute approximate surface area is 136 Å². The predicted octanol–water partition coefficient (Wildman–Crippen LogP) is 3.46. The number of benzene rings is 2. The summed E-state index contributed by atoms with van der Waals surface area (Å²) in [5.41, 5.74) is 0.696. The maximum atomic E-state index is 13.1. The molecule has 0 heterocycles. The molecule has 0 saturated heterocycles. The number of nitro groups is 1. The molecule has 2 aromatic rings. The van der Waals surface area contributed by atoms with E-state index in [1.165, 1.54) is 36.4 Å². The Morgan fingerprint density at radius 1 is 1.35 bits per heavy atom. The molecule has 0 unspecified atom stereocenters. The summed E-state index contributed by atoms with van der Waals surface area (Å²) < 4.78 is 13.1. The van der Waals surface area contributed by atoms with Crippen molar-refractivity contribution in [2.45, 2.75) is 0 Å². The molecule has 0 radical (unpaired) electrons. The first-order chi connectivity index (χ1) is 10.9. The van der Waals surface area contributed by atoms with Crippen molar-refractivity contribution in [2.75, 3.05) is 23.8 Å². The number of amides is 1. The van der Waals surface area contributed by atoms with Gasteiger partial charge < -0.3 is 10.2 Å². The molecule has 6 nitrogen and oxygen atoms in total. The monoisotopic (exact) mass is 337 g/mol. The van der Waals surface area contributed by atoms with E-state index in [2.05, 4.69) is 5.32 Å². The van der Waals surface area contributed by atoms with Crippen LogP contribution in [0.3, 0.4) is 0 Å². The highest BCUT2D eigenvalue weighted by Crippen LogP contribution is 2.29. The number of nitro benzene ring substituents is 1. The smallest absolute Gasteiger partial charge is 0.271 e. The minimum Gasteiger partial charge on any atom is -0.364 e. The Bertz CT molecular complexity index is 754. The van der Waals surface area contributed by atoms with Crippen molar-refractivity contribution in [3.8, 4) is 0 Å². The van der Waals surface area contributed by atoms with E-state index in [1.54, 1.807) is 18.0 Å². The second kappa shape index (κ2) is 7.06. The van der Waals surface area contributed by atoms with Gasteiger partial charge in [-0.15, -0.1) is 0 Å². The van der Waals surface area contributed by atoms with E-state index < -0.39 is 10.7 Å². The van der Waals surface area contributed by atoms with Gasteiger partial charge in [0, 0.05) is 24.9 Å². The van der Waals surface area contributed by atoms with E-state index in [9.17, 15) is 19.3 Å². The summed E-state index contributed by atoms with van der Waals surface area (Å²) in [6.07, 6.45) is 0. The third kappa shape index (κ3) is 4.40. The summed E-state index contributed by atoms with van der Waals surface area (Å²) in [5.74, 6) is -0.818. The molecule has 0 aromatic heterocycles. The maximum Gasteiger partial charge on any atom is 0.271 e. The fourth-order valence-corrected chi connectivity index (χ4v) is 2.31. The van der Waals surface area contributed by atoms with E-state index in [4.69, 9.17) is 11.6 Å². The summed E-state index contributed by atoms with van der Waals surface area (Å²) in [5, 5.41) is 13.4. The van der Waals surface area contributed by atoms with E-state index in [0.29, 0.717) is 11.4 Å². The van der Waals surface area contributed by atoms with Crippen LogP contribution in [0.1, 0.15) is 0 Å². The highest BCUT2D eigenvalue weighted by molar-refractivity contribution is 6.33. The van der Waals surface area contributed by atoms with E-state index in [-0.39, 0.29) is 23.2 Å². The average molecular weight is 338 g/mol. The molecule has 0 aliphatic rings. The molecule has 8 heteroatoms. The van der Waals surface area contributed by atoms with Crippen LogP contribution < -0.4 is 10.2 Å². The number of carbonyl (C=O) groups excluding carboxylic acids is 1. The maximum absolute atomic E-state index is 13.1. The van der Waals surface area contributed by atoms with Crippen molar-refractivity contribution in [3.05, 3.63) is 63.4 Å². The van der Waals surface area contributed by atoms with Crippen molar-refractivity contribution in [1.29, 1.82) is 0 Å². The molecule has 1 amide bonds. The second-order valence-corrected chi connectivity index (χ2v) is 5.21. The van der Waals surface area contributed by atoms with Crippen LogP contribution in [0.2, 0.25) is 5.02 Å². The third-order valence-corrected chi connectivity index (χ3v) is 3.35. The van der Waals surface area contributed by atoms with Crippen LogP contribution in [0.5, 0.6) is 0 Å². The molecule has 0 aliphatic carbocycles. The lowest BCUT2D eigenvalue weighted by atomic mass is 10.2. The Balaban J connectivity index is 2.05. The Kier molecular flexibility index (Phi) is 5.13. The van der Waals surface area contributed by atoms with Gasteiger partial charge in [0.05, 0.1) is 22.2 Å². The van der Waals surface area contributed by atoms with Crippen molar-refractivity contribution < 1.29 is 14.1 Å². The van der Waals surface area contributed by atoms with Crippen LogP contribution in [0, 0.1) is 15.9 Å². The SMILES string of the molecule is CN(CC(=O)Nc1cccc(F)c1)c1ccc([N+](=O)[O-])cc1Cl. The largest absolute Gasteiger partial charge is 0.364 e. The third-order valence-electron chi connectivity index (χ3n) is 3.04. The molecule has 1 N–H and O–H groups in total. The van der Waals surface area contributed by atoms with Gasteiger partial charge in [0.25, 0.3) is 5.69 Å². The number of halogens is 2. The first-order valence-electron chi connectivity index (χ1n) is 6.57. The molecule has 23 heavy (non-hydrogen) atoms. The summed E-state index contributed by atoms with van der Waals surface area (Å²) >= 11 is 6.01. The van der Waals surface area contributed by atoms with Crippen LogP contribution in [0.4, 0.5) is 21.5 Å². The number of hydrogen-bond donors (Lipinski definition) is 1. The van der Waals surface area contributed by atoms with Gasteiger partial charge in [0.15, 0.2) is 0 Å². The highest BCUT2D eigenvalue weighted by Gasteiger charge is 2.14. The van der Waals surface area contributed by atoms with Gasteiger partial charge in [0.1, 0.15) is 5.82 Å². The van der Waals surface area contributed by atoms with Crippen LogP contribution in [-0.4, -0.2) is 24.4 Å². The number of non-ortho nitro benzene ring substituents is 1. The number of rotatable bonds is 5. The molecule has 2 aromatic carbocycles. The van der Waals surface area contributed by atoms with Crippen molar-refractivity contribution >= 4 is 34.6 Å². The fourth-order valence-electron chi connectivity index (χ4n) is 1.99. The van der Waals surface area contributed by atoms with Crippen LogP contribution >= 0.6 is 11.6 Å². The van der Waals surface area contributed by atoms with Crippen molar-refractivity contribution in [3.63, 3.8) is 0 Å². The molecular formula is C15H13ClFN3O3. The average Bonchev–Trinajstić information content (AvgIpc) is 2.46. The van der Waals surface area contributed by atoms with Crippen LogP contribution in [0.25, 0.3) is 0 Å². The lowest BCUT2D eigenvalue weighted by molar-refractivity contribution is -0.384. The number of nitrogens with zero attached hydrogens (tertiary/aromatic N) is 2.